The standard InChI is InChI=1S/C18H21N3O7S/c1-12-15(3-2-4-16(12)21(24)25)11-28-18(23)14-7-5-13(6-8-14)9-20-10-17(22)19-29(20,26)27/h2-8,17,19,22,26-27H,9-11H2,1H3. The normalized spacial score (nSPS) is 19.7. The quantitative estimate of drug-likeness (QED) is 0.313. The van der Waals surface area contributed by atoms with Gasteiger partial charge in [0.15, 0.2) is 0 Å². The van der Waals surface area contributed by atoms with Crippen molar-refractivity contribution in [2.45, 2.75) is 26.3 Å². The molecule has 156 valence electrons. The third kappa shape index (κ3) is 4.90. The number of nitro groups is 1. The van der Waals surface area contributed by atoms with E-state index < -0.39 is 28.1 Å². The smallest absolute Gasteiger partial charge is 0.338 e. The van der Waals surface area contributed by atoms with Crippen molar-refractivity contribution in [1.82, 2.24) is 9.03 Å². The summed E-state index contributed by atoms with van der Waals surface area (Å²) in [5.41, 5.74) is 1.97. The molecule has 10 nitrogen and oxygen atoms in total. The second-order valence-corrected chi connectivity index (χ2v) is 8.36. The van der Waals surface area contributed by atoms with Gasteiger partial charge in [0.2, 0.25) is 0 Å². The fraction of sp³-hybridized carbons (Fsp3) is 0.278. The average Bonchev–Trinajstić information content (AvgIpc) is 2.92. The van der Waals surface area contributed by atoms with Crippen molar-refractivity contribution in [2.24, 2.45) is 0 Å². The molecule has 1 saturated heterocycles. The first kappa shape index (κ1) is 21.2. The average molecular weight is 423 g/mol. The van der Waals surface area contributed by atoms with Gasteiger partial charge in [0.25, 0.3) is 5.69 Å². The number of carbonyl (C=O) groups is 1. The molecule has 0 radical (unpaired) electrons. The van der Waals surface area contributed by atoms with Gasteiger partial charge in [0.05, 0.1) is 17.0 Å². The molecule has 4 N–H and O–H groups in total. The van der Waals surface area contributed by atoms with E-state index in [1.807, 2.05) is 0 Å². The zero-order valence-corrected chi connectivity index (χ0v) is 16.3. The van der Waals surface area contributed by atoms with E-state index in [-0.39, 0.29) is 25.4 Å². The first-order valence-electron chi connectivity index (χ1n) is 8.65. The molecule has 11 heteroatoms. The van der Waals surface area contributed by atoms with Crippen LogP contribution >= 0.6 is 11.0 Å². The van der Waals surface area contributed by atoms with Gasteiger partial charge in [-0.05, 0) is 30.2 Å². The third-order valence-electron chi connectivity index (χ3n) is 4.55. The van der Waals surface area contributed by atoms with Gasteiger partial charge in [-0.3, -0.25) is 19.2 Å². The number of esters is 1. The molecule has 1 fully saturated rings. The van der Waals surface area contributed by atoms with Crippen molar-refractivity contribution in [3.63, 3.8) is 0 Å². The van der Waals surface area contributed by atoms with Crippen molar-refractivity contribution in [3.05, 3.63) is 74.8 Å². The van der Waals surface area contributed by atoms with Crippen molar-refractivity contribution in [3.8, 4) is 0 Å². The molecule has 29 heavy (non-hydrogen) atoms. The summed E-state index contributed by atoms with van der Waals surface area (Å²) >= 11 is 0. The number of nitrogens with zero attached hydrogens (tertiary/aromatic N) is 2. The highest BCUT2D eigenvalue weighted by molar-refractivity contribution is 8.20. The van der Waals surface area contributed by atoms with E-state index in [1.54, 1.807) is 37.3 Å². The summed E-state index contributed by atoms with van der Waals surface area (Å²) in [4.78, 5) is 22.8. The van der Waals surface area contributed by atoms with Gasteiger partial charge < -0.3 is 9.84 Å². The molecule has 0 spiro atoms. The zero-order chi connectivity index (χ0) is 21.2. The second-order valence-electron chi connectivity index (χ2n) is 6.57. The van der Waals surface area contributed by atoms with Crippen molar-refractivity contribution in [1.29, 1.82) is 0 Å². The van der Waals surface area contributed by atoms with Crippen LogP contribution in [-0.2, 0) is 17.9 Å². The van der Waals surface area contributed by atoms with Crippen LogP contribution in [0.3, 0.4) is 0 Å². The lowest BCUT2D eigenvalue weighted by atomic mass is 10.1. The topological polar surface area (TPSA) is 145 Å². The Morgan fingerprint density at radius 3 is 2.59 bits per heavy atom. The van der Waals surface area contributed by atoms with E-state index in [0.717, 1.165) is 0 Å². The maximum Gasteiger partial charge on any atom is 0.338 e. The summed E-state index contributed by atoms with van der Waals surface area (Å²) in [5, 5.41) is 20.5. The number of ether oxygens (including phenoxy) is 1. The Morgan fingerprint density at radius 2 is 2.00 bits per heavy atom. The monoisotopic (exact) mass is 423 g/mol. The van der Waals surface area contributed by atoms with Gasteiger partial charge >= 0.3 is 5.97 Å². The summed E-state index contributed by atoms with van der Waals surface area (Å²) in [6.45, 7) is 1.75. The molecule has 0 aromatic heterocycles. The number of hydrogen-bond acceptors (Lipinski definition) is 9. The highest BCUT2D eigenvalue weighted by Crippen LogP contribution is 2.44. The summed E-state index contributed by atoms with van der Waals surface area (Å²) < 4.78 is 28.6. The van der Waals surface area contributed by atoms with Crippen LogP contribution in [0.5, 0.6) is 0 Å². The van der Waals surface area contributed by atoms with Gasteiger partial charge in [-0.1, -0.05) is 35.2 Å². The van der Waals surface area contributed by atoms with Gasteiger partial charge in [-0.15, -0.1) is 0 Å². The second kappa shape index (κ2) is 8.45. The minimum absolute atomic E-state index is 0.0320. The molecule has 1 aliphatic rings. The predicted octanol–water partition coefficient (Wildman–Crippen LogP) is 2.56. The lowest BCUT2D eigenvalue weighted by Crippen LogP contribution is -2.25. The van der Waals surface area contributed by atoms with Crippen LogP contribution < -0.4 is 4.72 Å². The molecule has 0 bridgehead atoms. The van der Waals surface area contributed by atoms with Crippen LogP contribution in [0.1, 0.15) is 27.0 Å². The number of nitrogens with one attached hydrogen (secondary N) is 1. The Morgan fingerprint density at radius 1 is 1.31 bits per heavy atom. The lowest BCUT2D eigenvalue weighted by Gasteiger charge is -2.35. The lowest BCUT2D eigenvalue weighted by molar-refractivity contribution is -0.385. The number of benzene rings is 2. The molecule has 3 rings (SSSR count). The molecule has 2 aromatic carbocycles. The van der Waals surface area contributed by atoms with E-state index in [4.69, 9.17) is 4.74 Å². The van der Waals surface area contributed by atoms with E-state index in [1.165, 1.54) is 16.4 Å². The Labute approximate surface area is 168 Å². The van der Waals surface area contributed by atoms with Crippen molar-refractivity contribution < 1.29 is 28.7 Å². The fourth-order valence-corrected chi connectivity index (χ4v) is 4.21. The van der Waals surface area contributed by atoms with Gasteiger partial charge in [0.1, 0.15) is 12.8 Å². The van der Waals surface area contributed by atoms with Gasteiger partial charge in [-0.2, -0.15) is 9.03 Å². The predicted molar refractivity (Wildman–Crippen MR) is 106 cm³/mol. The molecule has 2 aromatic rings. The largest absolute Gasteiger partial charge is 0.457 e. The first-order chi connectivity index (χ1) is 13.7. The third-order valence-corrected chi connectivity index (χ3v) is 6.14. The molecule has 1 heterocycles. The molecular formula is C18H21N3O7S. The Balaban J connectivity index is 1.61. The molecule has 0 amide bonds. The van der Waals surface area contributed by atoms with E-state index in [2.05, 4.69) is 4.72 Å². The van der Waals surface area contributed by atoms with Crippen LogP contribution in [0.15, 0.2) is 42.5 Å². The SMILES string of the molecule is Cc1c(COC(=O)c2ccc(CN3CC(O)NS3(O)O)cc2)cccc1[N+](=O)[O-]. The Hall–Kier alpha value is -2.54. The maximum atomic E-state index is 12.3. The minimum Gasteiger partial charge on any atom is -0.457 e. The van der Waals surface area contributed by atoms with E-state index in [0.29, 0.717) is 22.3 Å². The number of hydrogen-bond donors (Lipinski definition) is 4. The summed E-state index contributed by atoms with van der Waals surface area (Å²) in [7, 11) is -3.22. The van der Waals surface area contributed by atoms with Gasteiger partial charge in [-0.25, -0.2) is 4.79 Å². The molecule has 1 atom stereocenters. The number of rotatable bonds is 6. The highest BCUT2D eigenvalue weighted by atomic mass is 32.3. The number of aliphatic hydroxyl groups excluding tert-OH is 1. The number of β-amino-alcohol motifs (C(OH)–C–C–N with tert-alkyl or cyclic N) is 1. The minimum atomic E-state index is -3.22. The number of aliphatic hydroxyl groups is 1. The van der Waals surface area contributed by atoms with Crippen LogP contribution in [0.4, 0.5) is 5.69 Å². The van der Waals surface area contributed by atoms with Crippen LogP contribution in [0, 0.1) is 17.0 Å². The molecule has 1 unspecified atom stereocenters. The molecule has 1 aliphatic heterocycles. The van der Waals surface area contributed by atoms with E-state index >= 15 is 0 Å². The van der Waals surface area contributed by atoms with Crippen molar-refractivity contribution in [2.75, 3.05) is 6.54 Å². The van der Waals surface area contributed by atoms with Gasteiger partial charge in [0, 0.05) is 18.2 Å². The fourth-order valence-electron chi connectivity index (χ4n) is 2.95. The molecule has 0 aliphatic carbocycles. The zero-order valence-electron chi connectivity index (χ0n) is 15.5. The number of carbonyl (C=O) groups excluding carboxylic acids is 1. The Kier molecular flexibility index (Phi) is 6.17. The number of nitro benzene ring substituents is 1. The summed E-state index contributed by atoms with van der Waals surface area (Å²) in [6, 6.07) is 11.0. The van der Waals surface area contributed by atoms with Crippen LogP contribution in [0.25, 0.3) is 0 Å². The van der Waals surface area contributed by atoms with Crippen molar-refractivity contribution >= 4 is 22.6 Å². The van der Waals surface area contributed by atoms with Crippen LogP contribution in [0.2, 0.25) is 0 Å². The summed E-state index contributed by atoms with van der Waals surface area (Å²) in [6.07, 6.45) is -1.02. The molecule has 0 saturated carbocycles. The van der Waals surface area contributed by atoms with E-state index in [9.17, 15) is 29.1 Å². The summed E-state index contributed by atoms with van der Waals surface area (Å²) in [5.74, 6) is -0.579. The van der Waals surface area contributed by atoms with Crippen LogP contribution in [-0.4, -0.2) is 42.2 Å². The first-order valence-corrected chi connectivity index (χ1v) is 10.2. The highest BCUT2D eigenvalue weighted by Gasteiger charge is 2.34. The maximum absolute atomic E-state index is 12.3. The Bertz CT molecular complexity index is 920. The molecular weight excluding hydrogens is 402 g/mol.